The largest absolute Gasteiger partial charge is 0.316 e. The number of hydrogen-bond donors (Lipinski definition) is 0. The third-order valence-electron chi connectivity index (χ3n) is 11.5. The maximum Gasteiger partial charge on any atom is 0.0594 e. The van der Waals surface area contributed by atoms with Crippen LogP contribution in [0.5, 0.6) is 0 Å². The highest BCUT2D eigenvalue weighted by atomic mass is 32.2. The van der Waals surface area contributed by atoms with Crippen molar-refractivity contribution < 1.29 is 0 Å². The molecule has 10 rings (SSSR count). The minimum Gasteiger partial charge on any atom is -0.316 e. The van der Waals surface area contributed by atoms with Gasteiger partial charge in [0, 0.05) is 44.4 Å². The molecule has 246 valence electrons. The van der Waals surface area contributed by atoms with Crippen LogP contribution in [0.1, 0.15) is 49.9 Å². The molecule has 3 aliphatic rings. The quantitative estimate of drug-likeness (QED) is 0.183. The highest BCUT2D eigenvalue weighted by Crippen LogP contribution is 2.54. The highest BCUT2D eigenvalue weighted by Gasteiger charge is 2.38. The van der Waals surface area contributed by atoms with E-state index in [1.54, 1.807) is 11.8 Å². The summed E-state index contributed by atoms with van der Waals surface area (Å²) in [7, 11) is 0. The molecule has 7 aromatic carbocycles. The summed E-state index contributed by atoms with van der Waals surface area (Å²) in [5, 5.41) is 4.66. The zero-order chi connectivity index (χ0) is 34.5. The Labute approximate surface area is 304 Å². The zero-order valence-corrected chi connectivity index (χ0v) is 30.1. The second-order valence-corrected chi connectivity index (χ2v) is 16.0. The van der Waals surface area contributed by atoms with Gasteiger partial charge in [0.15, 0.2) is 0 Å². The molecule has 0 bridgehead atoms. The lowest BCUT2D eigenvalue weighted by molar-refractivity contribution is 0.660. The third kappa shape index (κ3) is 4.44. The molecule has 0 spiro atoms. The first-order chi connectivity index (χ1) is 24.8. The number of para-hydroxylation sites is 1. The van der Waals surface area contributed by atoms with E-state index in [9.17, 15) is 0 Å². The second kappa shape index (κ2) is 11.0. The predicted octanol–water partition coefficient (Wildman–Crippen LogP) is 13.6. The molecule has 0 radical (unpaired) electrons. The van der Waals surface area contributed by atoms with Crippen LogP contribution in [-0.2, 0) is 10.8 Å². The van der Waals surface area contributed by atoms with E-state index in [1.165, 1.54) is 88.6 Å². The Morgan fingerprint density at radius 3 is 1.88 bits per heavy atom. The number of thioether (sulfide) groups is 1. The van der Waals surface area contributed by atoms with Crippen LogP contribution < -0.4 is 9.80 Å². The van der Waals surface area contributed by atoms with Crippen molar-refractivity contribution in [2.75, 3.05) is 9.80 Å². The normalized spacial score (nSPS) is 15.6. The van der Waals surface area contributed by atoms with Crippen LogP contribution in [-0.4, -0.2) is 0 Å². The van der Waals surface area contributed by atoms with Crippen LogP contribution in [0.15, 0.2) is 162 Å². The fourth-order valence-corrected chi connectivity index (χ4v) is 9.66. The fourth-order valence-electron chi connectivity index (χ4n) is 8.89. The molecule has 3 heteroatoms. The SMILES string of the molecule is CC1(C)c2ccccc2-c2ccc(N(c3ccc4c(c3)C(C)(C)c3cc(N5C=CSc6ccccc65)ccc3-4)c3cccc4ccccc34)cc21. The summed E-state index contributed by atoms with van der Waals surface area (Å²) >= 11 is 1.78. The standard InChI is InChI=1S/C48H38N2S/c1-47(2)40-16-8-7-15-36(40)37-24-21-33(29-42(37)47)50(44-18-11-13-31-12-5-6-14-35(31)44)34-22-25-39-38-23-20-32(28-41(38)48(3,4)43(39)30-34)49-26-27-51-46-19-10-9-17-45(46)49/h5-30H,1-4H3. The molecule has 0 fully saturated rings. The van der Waals surface area contributed by atoms with E-state index >= 15 is 0 Å². The van der Waals surface area contributed by atoms with Gasteiger partial charge in [0.05, 0.1) is 11.4 Å². The van der Waals surface area contributed by atoms with E-state index in [-0.39, 0.29) is 10.8 Å². The van der Waals surface area contributed by atoms with Crippen LogP contribution in [0.4, 0.5) is 28.4 Å². The van der Waals surface area contributed by atoms with Crippen molar-refractivity contribution in [3.8, 4) is 22.3 Å². The van der Waals surface area contributed by atoms with Gasteiger partial charge in [-0.2, -0.15) is 0 Å². The average molecular weight is 675 g/mol. The predicted molar refractivity (Wildman–Crippen MR) is 217 cm³/mol. The van der Waals surface area contributed by atoms with Crippen molar-refractivity contribution in [2.24, 2.45) is 0 Å². The van der Waals surface area contributed by atoms with Gasteiger partial charge in [-0.05, 0) is 110 Å². The van der Waals surface area contributed by atoms with Gasteiger partial charge >= 0.3 is 0 Å². The number of rotatable bonds is 4. The van der Waals surface area contributed by atoms with E-state index < -0.39 is 0 Å². The number of nitrogens with zero attached hydrogens (tertiary/aromatic N) is 2. The van der Waals surface area contributed by atoms with Crippen molar-refractivity contribution in [3.05, 3.63) is 179 Å². The summed E-state index contributed by atoms with van der Waals surface area (Å²) in [6, 6.07) is 54.3. The molecular weight excluding hydrogens is 637 g/mol. The smallest absolute Gasteiger partial charge is 0.0594 e. The van der Waals surface area contributed by atoms with Crippen molar-refractivity contribution in [1.29, 1.82) is 0 Å². The molecule has 51 heavy (non-hydrogen) atoms. The molecule has 1 aliphatic heterocycles. The summed E-state index contributed by atoms with van der Waals surface area (Å²) in [4.78, 5) is 6.09. The number of benzene rings is 7. The zero-order valence-electron chi connectivity index (χ0n) is 29.3. The first-order valence-electron chi connectivity index (χ1n) is 17.8. The molecule has 1 heterocycles. The average Bonchev–Trinajstić information content (AvgIpc) is 3.53. The van der Waals surface area contributed by atoms with Crippen LogP contribution in [0.2, 0.25) is 0 Å². The topological polar surface area (TPSA) is 6.48 Å². The van der Waals surface area contributed by atoms with Gasteiger partial charge in [0.2, 0.25) is 0 Å². The third-order valence-corrected chi connectivity index (χ3v) is 12.4. The highest BCUT2D eigenvalue weighted by molar-refractivity contribution is 8.02. The second-order valence-electron chi connectivity index (χ2n) is 15.1. The van der Waals surface area contributed by atoms with E-state index in [1.807, 2.05) is 0 Å². The first kappa shape index (κ1) is 30.3. The minimum atomic E-state index is -0.184. The van der Waals surface area contributed by atoms with E-state index in [0.717, 1.165) is 0 Å². The first-order valence-corrected chi connectivity index (χ1v) is 18.7. The van der Waals surface area contributed by atoms with Gasteiger partial charge in [-0.3, -0.25) is 0 Å². The van der Waals surface area contributed by atoms with Gasteiger partial charge in [-0.25, -0.2) is 0 Å². The maximum atomic E-state index is 2.49. The summed E-state index contributed by atoms with van der Waals surface area (Å²) in [6.07, 6.45) is 2.19. The van der Waals surface area contributed by atoms with Crippen LogP contribution in [0.3, 0.4) is 0 Å². The monoisotopic (exact) mass is 674 g/mol. The van der Waals surface area contributed by atoms with Gasteiger partial charge < -0.3 is 9.80 Å². The lowest BCUT2D eigenvalue weighted by Crippen LogP contribution is -2.18. The Morgan fingerprint density at radius 1 is 0.510 bits per heavy atom. The van der Waals surface area contributed by atoms with Crippen LogP contribution in [0.25, 0.3) is 33.0 Å². The van der Waals surface area contributed by atoms with Crippen molar-refractivity contribution in [1.82, 2.24) is 0 Å². The molecular formula is C48H38N2S. The van der Waals surface area contributed by atoms with Crippen LogP contribution in [0, 0.1) is 0 Å². The van der Waals surface area contributed by atoms with E-state index in [2.05, 4.69) is 195 Å². The Kier molecular flexibility index (Phi) is 6.54. The Balaban J connectivity index is 1.12. The molecule has 0 aromatic heterocycles. The Morgan fingerprint density at radius 2 is 1.10 bits per heavy atom. The summed E-state index contributed by atoms with van der Waals surface area (Å²) < 4.78 is 0. The van der Waals surface area contributed by atoms with Crippen molar-refractivity contribution in [3.63, 3.8) is 0 Å². The Bertz CT molecular complexity index is 2590. The molecule has 0 saturated carbocycles. The van der Waals surface area contributed by atoms with Gasteiger partial charge in [-0.1, -0.05) is 130 Å². The molecule has 2 aliphatic carbocycles. The van der Waals surface area contributed by atoms with Gasteiger partial charge in [0.25, 0.3) is 0 Å². The van der Waals surface area contributed by atoms with E-state index in [0.29, 0.717) is 0 Å². The molecule has 7 aromatic rings. The van der Waals surface area contributed by atoms with Crippen molar-refractivity contribution in [2.45, 2.75) is 43.4 Å². The molecule has 0 amide bonds. The van der Waals surface area contributed by atoms with Crippen molar-refractivity contribution >= 4 is 51.0 Å². The van der Waals surface area contributed by atoms with E-state index in [4.69, 9.17) is 0 Å². The summed E-state index contributed by atoms with van der Waals surface area (Å²) in [5.41, 5.74) is 16.5. The molecule has 0 saturated heterocycles. The molecule has 0 N–H and O–H groups in total. The number of anilines is 5. The number of fused-ring (bicyclic) bond motifs is 8. The molecule has 2 nitrogen and oxygen atoms in total. The maximum absolute atomic E-state index is 2.49. The molecule has 0 atom stereocenters. The number of hydrogen-bond acceptors (Lipinski definition) is 3. The van der Waals surface area contributed by atoms with Gasteiger partial charge in [-0.15, -0.1) is 0 Å². The minimum absolute atomic E-state index is 0.0889. The van der Waals surface area contributed by atoms with Gasteiger partial charge in [0.1, 0.15) is 0 Å². The molecule has 0 unspecified atom stereocenters. The Hall–Kier alpha value is -5.51. The van der Waals surface area contributed by atoms with Crippen LogP contribution >= 0.6 is 11.8 Å². The summed E-state index contributed by atoms with van der Waals surface area (Å²) in [5.74, 6) is 0. The summed E-state index contributed by atoms with van der Waals surface area (Å²) in [6.45, 7) is 9.51. The fraction of sp³-hybridized carbons (Fsp3) is 0.125. The lowest BCUT2D eigenvalue weighted by Gasteiger charge is -2.30. The lowest BCUT2D eigenvalue weighted by atomic mass is 9.82.